The zero-order chi connectivity index (χ0) is 21.8. The van der Waals surface area contributed by atoms with E-state index in [0.29, 0.717) is 28.8 Å². The summed E-state index contributed by atoms with van der Waals surface area (Å²) in [5, 5.41) is 32.9. The largest absolute Gasteiger partial charge is 0.504 e. The Hall–Kier alpha value is -4.19. The average Bonchev–Trinajstić information content (AvgIpc) is 3.22. The molecule has 1 aromatic heterocycles. The van der Waals surface area contributed by atoms with E-state index in [0.717, 1.165) is 12.0 Å². The van der Waals surface area contributed by atoms with Crippen LogP contribution in [-0.2, 0) is 11.2 Å². The Morgan fingerprint density at radius 3 is 2.45 bits per heavy atom. The maximum atomic E-state index is 12.2. The third-order valence-corrected chi connectivity index (χ3v) is 4.93. The van der Waals surface area contributed by atoms with Gasteiger partial charge in [-0.1, -0.05) is 36.4 Å². The molecule has 0 radical (unpaired) electrons. The molecule has 3 aromatic carbocycles. The van der Waals surface area contributed by atoms with Crippen LogP contribution in [0.25, 0.3) is 28.4 Å². The van der Waals surface area contributed by atoms with Crippen LogP contribution in [0.15, 0.2) is 77.2 Å². The molecule has 0 spiro atoms. The Kier molecular flexibility index (Phi) is 5.62. The van der Waals surface area contributed by atoms with Crippen molar-refractivity contribution >= 4 is 23.0 Å². The number of hydrogen-bond acceptors (Lipinski definition) is 5. The topological polar surface area (TPSA) is 103 Å². The van der Waals surface area contributed by atoms with Gasteiger partial charge in [0.05, 0.1) is 0 Å². The third kappa shape index (κ3) is 4.53. The van der Waals surface area contributed by atoms with Crippen LogP contribution in [0, 0.1) is 0 Å². The van der Waals surface area contributed by atoms with E-state index >= 15 is 0 Å². The first kappa shape index (κ1) is 20.1. The monoisotopic (exact) mass is 415 g/mol. The molecule has 0 saturated carbocycles. The molecule has 156 valence electrons. The van der Waals surface area contributed by atoms with E-state index in [-0.39, 0.29) is 28.7 Å². The first-order valence-electron chi connectivity index (χ1n) is 9.79. The molecule has 1 amide bonds. The number of hydrogen-bond donors (Lipinski definition) is 4. The van der Waals surface area contributed by atoms with Gasteiger partial charge in [-0.2, -0.15) is 0 Å². The molecule has 1 heterocycles. The summed E-state index contributed by atoms with van der Waals surface area (Å²) >= 11 is 0. The number of carbonyl (C=O) groups is 1. The molecular formula is C25H21NO5. The summed E-state index contributed by atoms with van der Waals surface area (Å²) in [5.74, 6) is -0.342. The lowest BCUT2D eigenvalue weighted by molar-refractivity contribution is -0.116. The molecule has 4 N–H and O–H groups in total. The second kappa shape index (κ2) is 8.67. The van der Waals surface area contributed by atoms with Crippen molar-refractivity contribution in [2.24, 2.45) is 0 Å². The third-order valence-electron chi connectivity index (χ3n) is 4.93. The molecule has 4 rings (SSSR count). The summed E-state index contributed by atoms with van der Waals surface area (Å²) in [7, 11) is 0. The first-order valence-corrected chi connectivity index (χ1v) is 9.79. The maximum Gasteiger partial charge on any atom is 0.244 e. The SMILES string of the molecule is O=C(/C=C/c1ccc(O)c2oc(-c3ccc(O)c(O)c3)cc12)NCCc1ccccc1. The number of fused-ring (bicyclic) bond motifs is 1. The fraction of sp³-hybridized carbons (Fsp3) is 0.0800. The minimum atomic E-state index is -0.269. The number of furan rings is 1. The predicted molar refractivity (Wildman–Crippen MR) is 119 cm³/mol. The van der Waals surface area contributed by atoms with Crippen molar-refractivity contribution in [3.8, 4) is 28.6 Å². The molecule has 0 fully saturated rings. The predicted octanol–water partition coefficient (Wildman–Crippen LogP) is 4.59. The molecular weight excluding hydrogens is 394 g/mol. The normalized spacial score (nSPS) is 11.2. The summed E-state index contributed by atoms with van der Waals surface area (Å²) in [4.78, 5) is 12.2. The average molecular weight is 415 g/mol. The van der Waals surface area contributed by atoms with Crippen molar-refractivity contribution in [3.05, 3.63) is 83.9 Å². The quantitative estimate of drug-likeness (QED) is 0.272. The van der Waals surface area contributed by atoms with E-state index < -0.39 is 0 Å². The molecule has 31 heavy (non-hydrogen) atoms. The van der Waals surface area contributed by atoms with Gasteiger partial charge in [-0.3, -0.25) is 4.79 Å². The summed E-state index contributed by atoms with van der Waals surface area (Å²) in [6, 6.07) is 19.1. The van der Waals surface area contributed by atoms with Crippen molar-refractivity contribution in [1.29, 1.82) is 0 Å². The molecule has 6 nitrogen and oxygen atoms in total. The van der Waals surface area contributed by atoms with Gasteiger partial charge in [-0.25, -0.2) is 0 Å². The highest BCUT2D eigenvalue weighted by Crippen LogP contribution is 2.37. The van der Waals surface area contributed by atoms with Crippen molar-refractivity contribution in [3.63, 3.8) is 0 Å². The minimum absolute atomic E-state index is 0.0336. The minimum Gasteiger partial charge on any atom is -0.504 e. The Labute approximate surface area is 178 Å². The molecule has 0 unspecified atom stereocenters. The van der Waals surface area contributed by atoms with Gasteiger partial charge in [0.15, 0.2) is 22.8 Å². The van der Waals surface area contributed by atoms with Gasteiger partial charge in [0.2, 0.25) is 5.91 Å². The second-order valence-corrected chi connectivity index (χ2v) is 7.09. The van der Waals surface area contributed by atoms with Crippen molar-refractivity contribution in [2.75, 3.05) is 6.54 Å². The number of nitrogens with one attached hydrogen (secondary N) is 1. The van der Waals surface area contributed by atoms with Crippen LogP contribution in [0.1, 0.15) is 11.1 Å². The van der Waals surface area contributed by atoms with Crippen LogP contribution in [0.4, 0.5) is 0 Å². The fourth-order valence-corrected chi connectivity index (χ4v) is 3.29. The Balaban J connectivity index is 1.52. The fourth-order valence-electron chi connectivity index (χ4n) is 3.29. The van der Waals surface area contributed by atoms with E-state index in [1.807, 2.05) is 30.3 Å². The highest BCUT2D eigenvalue weighted by atomic mass is 16.4. The van der Waals surface area contributed by atoms with Crippen LogP contribution in [-0.4, -0.2) is 27.8 Å². The van der Waals surface area contributed by atoms with Gasteiger partial charge in [0.25, 0.3) is 0 Å². The van der Waals surface area contributed by atoms with E-state index in [1.165, 1.54) is 24.3 Å². The van der Waals surface area contributed by atoms with Crippen LogP contribution in [0.3, 0.4) is 0 Å². The lowest BCUT2D eigenvalue weighted by atomic mass is 10.1. The number of benzene rings is 3. The summed E-state index contributed by atoms with van der Waals surface area (Å²) in [6.45, 7) is 0.526. The Bertz CT molecular complexity index is 1260. The van der Waals surface area contributed by atoms with E-state index in [9.17, 15) is 20.1 Å². The van der Waals surface area contributed by atoms with Crippen molar-refractivity contribution < 1.29 is 24.5 Å². The van der Waals surface area contributed by atoms with Crippen molar-refractivity contribution in [2.45, 2.75) is 6.42 Å². The standard InChI is InChI=1S/C25H21NO5/c27-20-9-7-18(14-22(20)29)23-15-19-17(6-10-21(28)25(19)31-23)8-11-24(30)26-13-12-16-4-2-1-3-5-16/h1-11,14-15,27-29H,12-13H2,(H,26,30)/b11-8+. The molecule has 0 bridgehead atoms. The second-order valence-electron chi connectivity index (χ2n) is 7.09. The van der Waals surface area contributed by atoms with Gasteiger partial charge in [0, 0.05) is 23.6 Å². The van der Waals surface area contributed by atoms with Crippen LogP contribution >= 0.6 is 0 Å². The molecule has 0 atom stereocenters. The number of aromatic hydroxyl groups is 3. The van der Waals surface area contributed by atoms with Gasteiger partial charge in [-0.15, -0.1) is 0 Å². The summed E-state index contributed by atoms with van der Waals surface area (Å²) < 4.78 is 5.76. The van der Waals surface area contributed by atoms with Gasteiger partial charge in [-0.05, 0) is 54.0 Å². The molecule has 0 aliphatic carbocycles. The summed E-state index contributed by atoms with van der Waals surface area (Å²) in [6.07, 6.45) is 3.84. The number of rotatable bonds is 6. The highest BCUT2D eigenvalue weighted by Gasteiger charge is 2.14. The van der Waals surface area contributed by atoms with E-state index in [2.05, 4.69) is 5.32 Å². The number of phenolic OH excluding ortho intramolecular Hbond substituents is 3. The van der Waals surface area contributed by atoms with E-state index in [1.54, 1.807) is 24.3 Å². The van der Waals surface area contributed by atoms with Gasteiger partial charge < -0.3 is 25.1 Å². The Morgan fingerprint density at radius 1 is 0.903 bits per heavy atom. The van der Waals surface area contributed by atoms with Gasteiger partial charge in [0.1, 0.15) is 5.76 Å². The zero-order valence-corrected chi connectivity index (χ0v) is 16.6. The zero-order valence-electron chi connectivity index (χ0n) is 16.6. The smallest absolute Gasteiger partial charge is 0.244 e. The number of carbonyl (C=O) groups excluding carboxylic acids is 1. The number of amides is 1. The van der Waals surface area contributed by atoms with Crippen molar-refractivity contribution in [1.82, 2.24) is 5.32 Å². The molecule has 0 aliphatic heterocycles. The molecule has 0 aliphatic rings. The number of phenols is 3. The van der Waals surface area contributed by atoms with E-state index in [4.69, 9.17) is 4.42 Å². The highest BCUT2D eigenvalue weighted by molar-refractivity contribution is 5.98. The molecule has 6 heteroatoms. The summed E-state index contributed by atoms with van der Waals surface area (Å²) in [5.41, 5.74) is 2.66. The van der Waals surface area contributed by atoms with Gasteiger partial charge >= 0.3 is 0 Å². The lowest BCUT2D eigenvalue weighted by Gasteiger charge is -2.02. The van der Waals surface area contributed by atoms with Crippen LogP contribution in [0.5, 0.6) is 17.2 Å². The maximum absolute atomic E-state index is 12.2. The van der Waals surface area contributed by atoms with Crippen LogP contribution in [0.2, 0.25) is 0 Å². The lowest BCUT2D eigenvalue weighted by Crippen LogP contribution is -2.23. The molecule has 4 aromatic rings. The first-order chi connectivity index (χ1) is 15.0. The molecule has 0 saturated heterocycles. The Morgan fingerprint density at radius 2 is 1.68 bits per heavy atom. The van der Waals surface area contributed by atoms with Crippen LogP contribution < -0.4 is 5.32 Å².